The zero-order chi connectivity index (χ0) is 13.7. The van der Waals surface area contributed by atoms with E-state index in [-0.39, 0.29) is 5.91 Å². The summed E-state index contributed by atoms with van der Waals surface area (Å²) in [5, 5.41) is 0. The summed E-state index contributed by atoms with van der Waals surface area (Å²) >= 11 is 0. The maximum absolute atomic E-state index is 12.2. The van der Waals surface area contributed by atoms with Crippen molar-refractivity contribution in [3.8, 4) is 0 Å². The van der Waals surface area contributed by atoms with E-state index in [2.05, 4.69) is 0 Å². The van der Waals surface area contributed by atoms with Crippen LogP contribution in [0, 0.1) is 6.92 Å². The quantitative estimate of drug-likeness (QED) is 0.813. The molecular formula is C16H19NO2. The van der Waals surface area contributed by atoms with Crippen molar-refractivity contribution < 1.29 is 9.21 Å². The van der Waals surface area contributed by atoms with Gasteiger partial charge in [-0.2, -0.15) is 0 Å². The normalized spacial score (nSPS) is 10.4. The summed E-state index contributed by atoms with van der Waals surface area (Å²) in [7, 11) is 0. The molecule has 0 bridgehead atoms. The highest BCUT2D eigenvalue weighted by Crippen LogP contribution is 2.19. The van der Waals surface area contributed by atoms with E-state index in [1.54, 1.807) is 11.2 Å². The van der Waals surface area contributed by atoms with Crippen molar-refractivity contribution >= 4 is 11.6 Å². The Morgan fingerprint density at radius 2 is 1.95 bits per heavy atom. The molecule has 3 nitrogen and oxygen atoms in total. The van der Waals surface area contributed by atoms with Gasteiger partial charge in [0, 0.05) is 12.1 Å². The molecule has 0 saturated heterocycles. The lowest BCUT2D eigenvalue weighted by Crippen LogP contribution is -2.29. The lowest BCUT2D eigenvalue weighted by molar-refractivity contribution is -0.118. The fourth-order valence-corrected chi connectivity index (χ4v) is 1.96. The first-order chi connectivity index (χ1) is 9.20. The van der Waals surface area contributed by atoms with E-state index >= 15 is 0 Å². The summed E-state index contributed by atoms with van der Waals surface area (Å²) in [6.45, 7) is 4.53. The number of hydrogen-bond donors (Lipinski definition) is 0. The lowest BCUT2D eigenvalue weighted by atomic mass is 10.2. The van der Waals surface area contributed by atoms with Crippen LogP contribution in [0.5, 0.6) is 0 Å². The van der Waals surface area contributed by atoms with Gasteiger partial charge in [0.05, 0.1) is 12.8 Å². The molecule has 0 aliphatic carbocycles. The Labute approximate surface area is 113 Å². The lowest BCUT2D eigenvalue weighted by Gasteiger charge is -2.22. The third-order valence-electron chi connectivity index (χ3n) is 3.00. The van der Waals surface area contributed by atoms with Gasteiger partial charge in [0.25, 0.3) is 0 Å². The van der Waals surface area contributed by atoms with E-state index in [0.717, 1.165) is 17.9 Å². The Balaban J connectivity index is 2.23. The van der Waals surface area contributed by atoms with Gasteiger partial charge < -0.3 is 9.32 Å². The topological polar surface area (TPSA) is 33.5 Å². The Bertz CT molecular complexity index is 514. The molecule has 0 aliphatic heterocycles. The van der Waals surface area contributed by atoms with Gasteiger partial charge in [-0.05, 0) is 37.6 Å². The average Bonchev–Trinajstić information content (AvgIpc) is 2.90. The number of benzene rings is 1. The number of amides is 1. The van der Waals surface area contributed by atoms with Crippen molar-refractivity contribution in [3.63, 3.8) is 0 Å². The smallest absolute Gasteiger partial charge is 0.227 e. The Morgan fingerprint density at radius 3 is 2.53 bits per heavy atom. The summed E-state index contributed by atoms with van der Waals surface area (Å²) in [4.78, 5) is 14.0. The molecule has 1 amide bonds. The Kier molecular flexibility index (Phi) is 4.39. The van der Waals surface area contributed by atoms with Crippen molar-refractivity contribution in [2.75, 3.05) is 4.90 Å². The monoisotopic (exact) mass is 257 g/mol. The second-order valence-electron chi connectivity index (χ2n) is 4.64. The highest BCUT2D eigenvalue weighted by molar-refractivity contribution is 5.93. The zero-order valence-corrected chi connectivity index (χ0v) is 11.4. The van der Waals surface area contributed by atoms with E-state index in [1.165, 1.54) is 5.56 Å². The van der Waals surface area contributed by atoms with Crippen molar-refractivity contribution in [1.29, 1.82) is 0 Å². The van der Waals surface area contributed by atoms with Crippen LogP contribution >= 0.6 is 0 Å². The third-order valence-corrected chi connectivity index (χ3v) is 3.00. The van der Waals surface area contributed by atoms with Gasteiger partial charge in [-0.1, -0.05) is 24.6 Å². The van der Waals surface area contributed by atoms with Crippen molar-refractivity contribution in [2.24, 2.45) is 0 Å². The molecule has 0 unspecified atom stereocenters. The van der Waals surface area contributed by atoms with Gasteiger partial charge in [-0.3, -0.25) is 4.79 Å². The molecule has 100 valence electrons. The van der Waals surface area contributed by atoms with Gasteiger partial charge in [-0.25, -0.2) is 0 Å². The highest BCUT2D eigenvalue weighted by Gasteiger charge is 2.16. The number of carbonyl (C=O) groups excluding carboxylic acids is 1. The molecule has 2 aromatic rings. The minimum absolute atomic E-state index is 0.128. The minimum Gasteiger partial charge on any atom is -0.467 e. The first-order valence-electron chi connectivity index (χ1n) is 6.60. The molecule has 0 aliphatic rings. The van der Waals surface area contributed by atoms with Crippen molar-refractivity contribution in [3.05, 3.63) is 54.0 Å². The molecule has 1 aromatic carbocycles. The van der Waals surface area contributed by atoms with Crippen LogP contribution in [-0.2, 0) is 11.3 Å². The van der Waals surface area contributed by atoms with Crippen LogP contribution in [0.25, 0.3) is 0 Å². The molecule has 1 heterocycles. The molecular weight excluding hydrogens is 238 g/mol. The molecule has 19 heavy (non-hydrogen) atoms. The molecule has 0 atom stereocenters. The van der Waals surface area contributed by atoms with Crippen molar-refractivity contribution in [2.45, 2.75) is 33.2 Å². The summed E-state index contributed by atoms with van der Waals surface area (Å²) in [6, 6.07) is 11.7. The Hall–Kier alpha value is -2.03. The van der Waals surface area contributed by atoms with E-state index in [0.29, 0.717) is 13.0 Å². The maximum atomic E-state index is 12.2. The standard InChI is InChI=1S/C16H19NO2/c1-3-5-16(18)17(12-15-6-4-11-19-15)14-9-7-13(2)8-10-14/h4,6-11H,3,5,12H2,1-2H3. The second-order valence-corrected chi connectivity index (χ2v) is 4.64. The van der Waals surface area contributed by atoms with Gasteiger partial charge in [0.2, 0.25) is 5.91 Å². The van der Waals surface area contributed by atoms with Crippen LogP contribution in [0.4, 0.5) is 5.69 Å². The van der Waals surface area contributed by atoms with E-state index in [4.69, 9.17) is 4.42 Å². The van der Waals surface area contributed by atoms with E-state index in [1.807, 2.05) is 50.2 Å². The summed E-state index contributed by atoms with van der Waals surface area (Å²) < 4.78 is 5.34. The van der Waals surface area contributed by atoms with Crippen LogP contribution in [-0.4, -0.2) is 5.91 Å². The number of furan rings is 1. The number of aryl methyl sites for hydroxylation is 1. The second kappa shape index (κ2) is 6.23. The fourth-order valence-electron chi connectivity index (χ4n) is 1.96. The van der Waals surface area contributed by atoms with Crippen molar-refractivity contribution in [1.82, 2.24) is 0 Å². The zero-order valence-electron chi connectivity index (χ0n) is 11.4. The molecule has 0 N–H and O–H groups in total. The fraction of sp³-hybridized carbons (Fsp3) is 0.312. The first-order valence-corrected chi connectivity index (χ1v) is 6.60. The van der Waals surface area contributed by atoms with Gasteiger partial charge in [0.1, 0.15) is 5.76 Å². The molecule has 0 saturated carbocycles. The number of rotatable bonds is 5. The number of anilines is 1. The van der Waals surface area contributed by atoms with Crippen LogP contribution in [0.2, 0.25) is 0 Å². The summed E-state index contributed by atoms with van der Waals surface area (Å²) in [5.41, 5.74) is 2.10. The van der Waals surface area contributed by atoms with Crippen LogP contribution in [0.1, 0.15) is 31.1 Å². The summed E-state index contributed by atoms with van der Waals surface area (Å²) in [6.07, 6.45) is 3.03. The average molecular weight is 257 g/mol. The number of carbonyl (C=O) groups is 1. The van der Waals surface area contributed by atoms with Crippen LogP contribution in [0.15, 0.2) is 47.1 Å². The van der Waals surface area contributed by atoms with Gasteiger partial charge in [0.15, 0.2) is 0 Å². The SMILES string of the molecule is CCCC(=O)N(Cc1ccco1)c1ccc(C)cc1. The Morgan fingerprint density at radius 1 is 1.21 bits per heavy atom. The third kappa shape index (κ3) is 3.47. The van der Waals surface area contributed by atoms with Gasteiger partial charge >= 0.3 is 0 Å². The molecule has 0 fully saturated rings. The predicted octanol–water partition coefficient (Wildman–Crippen LogP) is 3.92. The maximum Gasteiger partial charge on any atom is 0.227 e. The number of nitrogens with zero attached hydrogens (tertiary/aromatic N) is 1. The highest BCUT2D eigenvalue weighted by atomic mass is 16.3. The first kappa shape index (κ1) is 13.4. The predicted molar refractivity (Wildman–Crippen MR) is 76.0 cm³/mol. The molecule has 1 aromatic heterocycles. The van der Waals surface area contributed by atoms with E-state index in [9.17, 15) is 4.79 Å². The van der Waals surface area contributed by atoms with Gasteiger partial charge in [-0.15, -0.1) is 0 Å². The van der Waals surface area contributed by atoms with E-state index < -0.39 is 0 Å². The number of hydrogen-bond acceptors (Lipinski definition) is 2. The molecule has 0 spiro atoms. The molecule has 0 radical (unpaired) electrons. The molecule has 3 heteroatoms. The molecule has 2 rings (SSSR count). The van der Waals surface area contributed by atoms with Crippen LogP contribution in [0.3, 0.4) is 0 Å². The minimum atomic E-state index is 0.128. The van der Waals surface area contributed by atoms with Crippen LogP contribution < -0.4 is 4.90 Å². The summed E-state index contributed by atoms with van der Waals surface area (Å²) in [5.74, 6) is 0.924. The largest absolute Gasteiger partial charge is 0.467 e.